The van der Waals surface area contributed by atoms with Crippen LogP contribution in [0.3, 0.4) is 0 Å². The minimum absolute atomic E-state index is 0.436. The Morgan fingerprint density at radius 2 is 0.903 bits per heavy atom. The molecule has 170 valence electrons. The van der Waals surface area contributed by atoms with Crippen molar-refractivity contribution in [3.63, 3.8) is 0 Å². The minimum Gasteiger partial charge on any atom is -0.203 e. The van der Waals surface area contributed by atoms with Gasteiger partial charge in [0.25, 0.3) is 0 Å². The van der Waals surface area contributed by atoms with Gasteiger partial charge in [-0.2, -0.15) is 0 Å². The van der Waals surface area contributed by atoms with E-state index in [-0.39, 0.29) is 0 Å². The van der Waals surface area contributed by atoms with Crippen LogP contribution in [0.2, 0.25) is 0 Å². The molecule has 31 heavy (non-hydrogen) atoms. The highest BCUT2D eigenvalue weighted by Gasteiger charge is 2.46. The smallest absolute Gasteiger partial charge is 0.200 e. The van der Waals surface area contributed by atoms with E-state index in [0.717, 1.165) is 6.92 Å². The SMILES string of the molecule is C=C=CC.CC1(c2c(F)c(F)c(F)c(F)c2F)CC1.Cc1c(F)c(F)c(F)c(F)c1F. The van der Waals surface area contributed by atoms with Gasteiger partial charge in [-0.3, -0.25) is 0 Å². The average Bonchev–Trinajstić information content (AvgIpc) is 3.50. The summed E-state index contributed by atoms with van der Waals surface area (Å²) in [6.45, 7) is 7.47. The molecular weight excluding hydrogens is 442 g/mol. The summed E-state index contributed by atoms with van der Waals surface area (Å²) >= 11 is 0. The lowest BCUT2D eigenvalue weighted by Crippen LogP contribution is -2.13. The topological polar surface area (TPSA) is 0 Å². The summed E-state index contributed by atoms with van der Waals surface area (Å²) in [5.74, 6) is -18.8. The van der Waals surface area contributed by atoms with E-state index in [9.17, 15) is 43.9 Å². The van der Waals surface area contributed by atoms with Crippen molar-refractivity contribution in [3.05, 3.63) is 87.7 Å². The Labute approximate surface area is 171 Å². The van der Waals surface area contributed by atoms with Crippen LogP contribution in [-0.4, -0.2) is 0 Å². The van der Waals surface area contributed by atoms with E-state index >= 15 is 0 Å². The average molecular weight is 458 g/mol. The van der Waals surface area contributed by atoms with Crippen LogP contribution in [0.1, 0.15) is 37.8 Å². The van der Waals surface area contributed by atoms with Crippen molar-refractivity contribution in [1.29, 1.82) is 0 Å². The molecule has 0 radical (unpaired) electrons. The molecule has 0 heterocycles. The number of allylic oxidation sites excluding steroid dienone is 1. The third kappa shape index (κ3) is 5.31. The van der Waals surface area contributed by atoms with Crippen molar-refractivity contribution in [3.8, 4) is 0 Å². The Hall–Kier alpha value is -2.74. The molecule has 10 heteroatoms. The molecule has 0 amide bonds. The Morgan fingerprint density at radius 3 is 1.16 bits per heavy atom. The van der Waals surface area contributed by atoms with Gasteiger partial charge in [0, 0.05) is 11.1 Å². The fourth-order valence-electron chi connectivity index (χ4n) is 2.29. The zero-order valence-corrected chi connectivity index (χ0v) is 16.5. The molecular formula is C21H16F10. The van der Waals surface area contributed by atoms with Gasteiger partial charge in [0.05, 0.1) is 0 Å². The highest BCUT2D eigenvalue weighted by molar-refractivity contribution is 5.34. The van der Waals surface area contributed by atoms with Crippen LogP contribution >= 0.6 is 0 Å². The largest absolute Gasteiger partial charge is 0.203 e. The predicted octanol–water partition coefficient (Wildman–Crippen LogP) is 7.47. The van der Waals surface area contributed by atoms with Crippen molar-refractivity contribution < 1.29 is 43.9 Å². The lowest BCUT2D eigenvalue weighted by molar-refractivity contribution is 0.363. The fraction of sp³-hybridized carbons (Fsp3) is 0.286. The Balaban J connectivity index is 0.000000270. The maximum absolute atomic E-state index is 13.2. The Morgan fingerprint density at radius 1 is 0.645 bits per heavy atom. The summed E-state index contributed by atoms with van der Waals surface area (Å²) in [6, 6.07) is 0. The molecule has 0 atom stereocenters. The molecule has 1 aliphatic carbocycles. The molecule has 0 N–H and O–H groups in total. The van der Waals surface area contributed by atoms with E-state index < -0.39 is 74.7 Å². The second-order valence-corrected chi connectivity index (χ2v) is 6.69. The quantitative estimate of drug-likeness (QED) is 0.180. The molecule has 0 saturated heterocycles. The molecule has 0 aliphatic heterocycles. The van der Waals surface area contributed by atoms with Crippen LogP contribution in [0, 0.1) is 65.1 Å². The molecule has 1 fully saturated rings. The van der Waals surface area contributed by atoms with Gasteiger partial charge in [-0.25, -0.2) is 43.9 Å². The van der Waals surface area contributed by atoms with Crippen LogP contribution in [0.25, 0.3) is 0 Å². The molecule has 0 spiro atoms. The van der Waals surface area contributed by atoms with Crippen LogP contribution in [0.15, 0.2) is 18.4 Å². The third-order valence-electron chi connectivity index (χ3n) is 4.45. The highest BCUT2D eigenvalue weighted by Crippen LogP contribution is 2.50. The minimum atomic E-state index is -2.13. The number of rotatable bonds is 1. The van der Waals surface area contributed by atoms with Crippen molar-refractivity contribution in [2.75, 3.05) is 0 Å². The van der Waals surface area contributed by atoms with E-state index in [0.29, 0.717) is 12.8 Å². The van der Waals surface area contributed by atoms with Gasteiger partial charge in [-0.15, -0.1) is 5.73 Å². The maximum Gasteiger partial charge on any atom is 0.200 e. The van der Waals surface area contributed by atoms with E-state index in [4.69, 9.17) is 0 Å². The van der Waals surface area contributed by atoms with E-state index in [1.165, 1.54) is 6.92 Å². The fourth-order valence-corrected chi connectivity index (χ4v) is 2.29. The summed E-state index contributed by atoms with van der Waals surface area (Å²) in [5.41, 5.74) is 0.106. The second kappa shape index (κ2) is 10.0. The lowest BCUT2D eigenvalue weighted by atomic mass is 9.96. The van der Waals surface area contributed by atoms with Gasteiger partial charge in [-0.05, 0) is 38.2 Å². The zero-order valence-electron chi connectivity index (χ0n) is 16.5. The molecule has 1 saturated carbocycles. The summed E-state index contributed by atoms with van der Waals surface area (Å²) in [7, 11) is 0. The van der Waals surface area contributed by atoms with E-state index in [1.54, 1.807) is 6.08 Å². The summed E-state index contributed by atoms with van der Waals surface area (Å²) in [4.78, 5) is 0. The lowest BCUT2D eigenvalue weighted by Gasteiger charge is -2.13. The second-order valence-electron chi connectivity index (χ2n) is 6.69. The Kier molecular flexibility index (Phi) is 8.52. The maximum atomic E-state index is 13.2. The van der Waals surface area contributed by atoms with Crippen molar-refractivity contribution >= 4 is 0 Å². The number of hydrogen-bond acceptors (Lipinski definition) is 0. The van der Waals surface area contributed by atoms with Crippen LogP contribution < -0.4 is 0 Å². The van der Waals surface area contributed by atoms with Gasteiger partial charge < -0.3 is 0 Å². The van der Waals surface area contributed by atoms with Crippen LogP contribution in [-0.2, 0) is 5.41 Å². The molecule has 2 aromatic rings. The zero-order chi connectivity index (χ0) is 24.3. The van der Waals surface area contributed by atoms with Crippen molar-refractivity contribution in [1.82, 2.24) is 0 Å². The molecule has 2 aromatic carbocycles. The molecule has 1 aliphatic rings. The van der Waals surface area contributed by atoms with E-state index in [2.05, 4.69) is 12.3 Å². The van der Waals surface area contributed by atoms with Crippen LogP contribution in [0.5, 0.6) is 0 Å². The van der Waals surface area contributed by atoms with Crippen LogP contribution in [0.4, 0.5) is 43.9 Å². The summed E-state index contributed by atoms with van der Waals surface area (Å²) in [6.07, 6.45) is 2.64. The monoisotopic (exact) mass is 458 g/mol. The third-order valence-corrected chi connectivity index (χ3v) is 4.45. The predicted molar refractivity (Wildman–Crippen MR) is 93.2 cm³/mol. The first kappa shape index (κ1) is 26.3. The van der Waals surface area contributed by atoms with Gasteiger partial charge >= 0.3 is 0 Å². The number of hydrogen-bond donors (Lipinski definition) is 0. The molecule has 3 rings (SSSR count). The molecule has 0 aromatic heterocycles. The molecule has 0 bridgehead atoms. The van der Waals surface area contributed by atoms with Gasteiger partial charge in [0.2, 0.25) is 11.6 Å². The molecule has 0 nitrogen and oxygen atoms in total. The number of halogens is 10. The first-order valence-electron chi connectivity index (χ1n) is 8.57. The van der Waals surface area contributed by atoms with E-state index in [1.807, 2.05) is 6.92 Å². The van der Waals surface area contributed by atoms with Crippen molar-refractivity contribution in [2.45, 2.75) is 39.0 Å². The van der Waals surface area contributed by atoms with Gasteiger partial charge in [0.1, 0.15) is 0 Å². The highest BCUT2D eigenvalue weighted by atomic mass is 19.2. The molecule has 0 unspecified atom stereocenters. The summed E-state index contributed by atoms with van der Waals surface area (Å²) in [5, 5.41) is 0. The Bertz CT molecular complexity index is 897. The number of benzene rings is 2. The normalized spacial score (nSPS) is 13.3. The standard InChI is InChI=1S/C10H7F5.C7H3F5.C4H6/c1-10(2-3-10)4-5(11)7(13)9(15)8(14)6(4)12;1-2-3(8)5(10)7(12)6(11)4(2)9;1-3-4-2/h2-3H2,1H3;1H3;4H,1H2,2H3. The van der Waals surface area contributed by atoms with Gasteiger partial charge in [0.15, 0.2) is 46.5 Å². The first-order valence-corrected chi connectivity index (χ1v) is 8.57. The van der Waals surface area contributed by atoms with Gasteiger partial charge in [-0.1, -0.05) is 13.5 Å². The van der Waals surface area contributed by atoms with Crippen molar-refractivity contribution in [2.24, 2.45) is 0 Å². The summed E-state index contributed by atoms with van der Waals surface area (Å²) < 4.78 is 126. The first-order chi connectivity index (χ1) is 14.3.